The Balaban J connectivity index is 1.74. The van der Waals surface area contributed by atoms with Crippen LogP contribution in [-0.2, 0) is 13.0 Å². The topological polar surface area (TPSA) is 67.1 Å². The second-order valence-electron chi connectivity index (χ2n) is 5.93. The summed E-state index contributed by atoms with van der Waals surface area (Å²) < 4.78 is 5.32. The van der Waals surface area contributed by atoms with E-state index in [0.717, 1.165) is 28.5 Å². The van der Waals surface area contributed by atoms with Crippen LogP contribution in [0.3, 0.4) is 0 Å². The molecule has 3 N–H and O–H groups in total. The molecule has 4 heteroatoms. The van der Waals surface area contributed by atoms with Gasteiger partial charge in [0.25, 0.3) is 0 Å². The summed E-state index contributed by atoms with van der Waals surface area (Å²) in [7, 11) is 0. The summed E-state index contributed by atoms with van der Waals surface area (Å²) in [6, 6.07) is 17.1. The molecule has 2 aromatic carbocycles. The molecule has 0 aliphatic heterocycles. The van der Waals surface area contributed by atoms with Gasteiger partial charge in [-0.3, -0.25) is 0 Å². The van der Waals surface area contributed by atoms with Crippen LogP contribution in [0.5, 0.6) is 0 Å². The predicted molar refractivity (Wildman–Crippen MR) is 93.8 cm³/mol. The Bertz CT molecular complexity index is 871. The van der Waals surface area contributed by atoms with E-state index in [2.05, 4.69) is 13.0 Å². The lowest BCUT2D eigenvalue weighted by Crippen LogP contribution is -2.83. The van der Waals surface area contributed by atoms with Crippen LogP contribution in [0, 0.1) is 0 Å². The maximum Gasteiger partial charge on any atom is 0.336 e. The standard InChI is InChI=1S/C20H21NO3/c1-2-14-8-9-17-16(11-20(23)24-19(17)10-14)12-21-13-18(22)15-6-4-3-5-7-15/h3-11,18,21-22H,2,12-13H2,1H3/p+1/t18-/m0/s1. The molecule has 1 atom stereocenters. The number of quaternary nitrogens is 1. The van der Waals surface area contributed by atoms with E-state index in [4.69, 9.17) is 4.42 Å². The first-order valence-electron chi connectivity index (χ1n) is 8.27. The molecule has 24 heavy (non-hydrogen) atoms. The molecular formula is C20H22NO3+. The van der Waals surface area contributed by atoms with Crippen molar-refractivity contribution in [1.29, 1.82) is 0 Å². The van der Waals surface area contributed by atoms with Crippen LogP contribution in [0.25, 0.3) is 11.0 Å². The first kappa shape index (κ1) is 16.4. The van der Waals surface area contributed by atoms with E-state index >= 15 is 0 Å². The van der Waals surface area contributed by atoms with Crippen molar-refractivity contribution >= 4 is 11.0 Å². The molecule has 0 aliphatic rings. The molecule has 3 aromatic rings. The van der Waals surface area contributed by atoms with Crippen LogP contribution in [0.2, 0.25) is 0 Å². The normalized spacial score (nSPS) is 12.4. The minimum absolute atomic E-state index is 0.331. The molecule has 0 bridgehead atoms. The molecular weight excluding hydrogens is 302 g/mol. The Morgan fingerprint density at radius 2 is 1.92 bits per heavy atom. The first-order chi connectivity index (χ1) is 11.7. The van der Waals surface area contributed by atoms with Crippen molar-refractivity contribution in [3.63, 3.8) is 0 Å². The minimum Gasteiger partial charge on any atom is -0.423 e. The molecule has 0 saturated heterocycles. The van der Waals surface area contributed by atoms with E-state index in [9.17, 15) is 9.90 Å². The SMILES string of the molecule is CCc1ccc2c(C[NH2+]C[C@H](O)c3ccccc3)cc(=O)oc2c1. The average molecular weight is 324 g/mol. The van der Waals surface area contributed by atoms with Crippen molar-refractivity contribution in [1.82, 2.24) is 0 Å². The van der Waals surface area contributed by atoms with Crippen molar-refractivity contribution in [2.45, 2.75) is 26.0 Å². The number of benzene rings is 2. The number of aryl methyl sites for hydroxylation is 1. The lowest BCUT2D eigenvalue weighted by atomic mass is 10.1. The third-order valence-corrected chi connectivity index (χ3v) is 4.24. The van der Waals surface area contributed by atoms with Gasteiger partial charge in [0.2, 0.25) is 0 Å². The number of aliphatic hydroxyl groups is 1. The quantitative estimate of drug-likeness (QED) is 0.683. The molecule has 0 spiro atoms. The Morgan fingerprint density at radius 3 is 2.67 bits per heavy atom. The summed E-state index contributed by atoms with van der Waals surface area (Å²) in [5, 5.41) is 13.2. The highest BCUT2D eigenvalue weighted by atomic mass is 16.4. The van der Waals surface area contributed by atoms with E-state index in [0.29, 0.717) is 18.7 Å². The Kier molecular flexibility index (Phi) is 5.08. The number of aliphatic hydroxyl groups excluding tert-OH is 1. The van der Waals surface area contributed by atoms with Crippen LogP contribution in [0.15, 0.2) is 63.8 Å². The van der Waals surface area contributed by atoms with E-state index in [-0.39, 0.29) is 5.63 Å². The van der Waals surface area contributed by atoms with Gasteiger partial charge in [0.05, 0.1) is 0 Å². The smallest absolute Gasteiger partial charge is 0.336 e. The summed E-state index contributed by atoms with van der Waals surface area (Å²) >= 11 is 0. The number of fused-ring (bicyclic) bond motifs is 1. The summed E-state index contributed by atoms with van der Waals surface area (Å²) in [6.07, 6.45) is 0.378. The van der Waals surface area contributed by atoms with Gasteiger partial charge in [0.1, 0.15) is 24.8 Å². The Morgan fingerprint density at radius 1 is 1.12 bits per heavy atom. The van der Waals surface area contributed by atoms with Gasteiger partial charge in [0.15, 0.2) is 0 Å². The maximum atomic E-state index is 11.8. The van der Waals surface area contributed by atoms with E-state index < -0.39 is 6.10 Å². The van der Waals surface area contributed by atoms with Gasteiger partial charge in [-0.05, 0) is 23.6 Å². The highest BCUT2D eigenvalue weighted by Gasteiger charge is 2.11. The summed E-state index contributed by atoms with van der Waals surface area (Å²) in [5.74, 6) is 0. The van der Waals surface area contributed by atoms with Gasteiger partial charge >= 0.3 is 5.63 Å². The van der Waals surface area contributed by atoms with Gasteiger partial charge in [0, 0.05) is 17.0 Å². The Hall–Kier alpha value is -2.43. The van der Waals surface area contributed by atoms with Gasteiger partial charge in [-0.2, -0.15) is 0 Å². The molecule has 0 saturated carbocycles. The minimum atomic E-state index is -0.524. The second kappa shape index (κ2) is 7.43. The lowest BCUT2D eigenvalue weighted by molar-refractivity contribution is -0.677. The van der Waals surface area contributed by atoms with Crippen molar-refractivity contribution in [2.75, 3.05) is 6.54 Å². The van der Waals surface area contributed by atoms with Gasteiger partial charge < -0.3 is 14.8 Å². The predicted octanol–water partition coefficient (Wildman–Crippen LogP) is 2.15. The van der Waals surface area contributed by atoms with Crippen LogP contribution in [0.1, 0.15) is 29.7 Å². The number of nitrogens with two attached hydrogens (primary N) is 1. The van der Waals surface area contributed by atoms with Crippen molar-refractivity contribution < 1.29 is 14.8 Å². The molecule has 0 aliphatic carbocycles. The van der Waals surface area contributed by atoms with E-state index in [1.807, 2.05) is 47.8 Å². The van der Waals surface area contributed by atoms with E-state index in [1.165, 1.54) is 0 Å². The van der Waals surface area contributed by atoms with Gasteiger partial charge in [-0.25, -0.2) is 4.79 Å². The van der Waals surface area contributed by atoms with Crippen molar-refractivity contribution in [3.8, 4) is 0 Å². The van der Waals surface area contributed by atoms with Gasteiger partial charge in [-0.15, -0.1) is 0 Å². The van der Waals surface area contributed by atoms with E-state index in [1.54, 1.807) is 6.07 Å². The number of hydrogen-bond acceptors (Lipinski definition) is 3. The average Bonchev–Trinajstić information content (AvgIpc) is 2.61. The fourth-order valence-electron chi connectivity index (χ4n) is 2.87. The van der Waals surface area contributed by atoms with Crippen LogP contribution >= 0.6 is 0 Å². The molecule has 1 heterocycles. The molecule has 4 nitrogen and oxygen atoms in total. The summed E-state index contributed by atoms with van der Waals surface area (Å²) in [4.78, 5) is 11.8. The van der Waals surface area contributed by atoms with Crippen molar-refractivity contribution in [2.24, 2.45) is 0 Å². The fraction of sp³-hybridized carbons (Fsp3) is 0.250. The molecule has 0 amide bonds. The number of hydrogen-bond donors (Lipinski definition) is 2. The molecule has 124 valence electrons. The third-order valence-electron chi connectivity index (χ3n) is 4.24. The number of rotatable bonds is 6. The molecule has 0 radical (unpaired) electrons. The summed E-state index contributed by atoms with van der Waals surface area (Å²) in [6.45, 7) is 3.23. The maximum absolute atomic E-state index is 11.8. The molecule has 3 rings (SSSR count). The largest absolute Gasteiger partial charge is 0.423 e. The zero-order chi connectivity index (χ0) is 16.9. The van der Waals surface area contributed by atoms with Crippen LogP contribution in [0.4, 0.5) is 0 Å². The molecule has 1 aromatic heterocycles. The third kappa shape index (κ3) is 3.72. The zero-order valence-electron chi connectivity index (χ0n) is 13.7. The van der Waals surface area contributed by atoms with Gasteiger partial charge in [-0.1, -0.05) is 49.4 Å². The monoisotopic (exact) mass is 324 g/mol. The second-order valence-corrected chi connectivity index (χ2v) is 5.93. The molecule has 0 unspecified atom stereocenters. The van der Waals surface area contributed by atoms with Crippen LogP contribution < -0.4 is 10.9 Å². The molecule has 0 fully saturated rings. The highest BCUT2D eigenvalue weighted by Crippen LogP contribution is 2.18. The zero-order valence-corrected chi connectivity index (χ0v) is 13.7. The Labute approximate surface area is 140 Å². The fourth-order valence-corrected chi connectivity index (χ4v) is 2.87. The first-order valence-corrected chi connectivity index (χ1v) is 8.27. The highest BCUT2D eigenvalue weighted by molar-refractivity contribution is 5.80. The lowest BCUT2D eigenvalue weighted by Gasteiger charge is -2.10. The summed E-state index contributed by atoms with van der Waals surface area (Å²) in [5.41, 5.74) is 3.28. The van der Waals surface area contributed by atoms with Crippen molar-refractivity contribution in [3.05, 3.63) is 81.7 Å². The van der Waals surface area contributed by atoms with Crippen LogP contribution in [-0.4, -0.2) is 11.7 Å².